The first-order valence-corrected chi connectivity index (χ1v) is 8.21. The van der Waals surface area contributed by atoms with Crippen LogP contribution in [0.2, 0.25) is 0 Å². The number of nitrogens with zero attached hydrogens (tertiary/aromatic N) is 1. The van der Waals surface area contributed by atoms with E-state index in [1.54, 1.807) is 0 Å². The van der Waals surface area contributed by atoms with Gasteiger partial charge in [0.25, 0.3) is 0 Å². The summed E-state index contributed by atoms with van der Waals surface area (Å²) in [5.41, 5.74) is 3.00. The molecular formula is C16H18BrNO2. The topological polar surface area (TPSA) is 42.2 Å². The molecule has 0 unspecified atom stereocenters. The van der Waals surface area contributed by atoms with Gasteiger partial charge in [0.15, 0.2) is 12.6 Å². The Morgan fingerprint density at radius 3 is 2.55 bits per heavy atom. The maximum atomic E-state index is 9.65. The molecule has 1 saturated carbocycles. The van der Waals surface area contributed by atoms with Gasteiger partial charge >= 0.3 is 0 Å². The van der Waals surface area contributed by atoms with Crippen LogP contribution in [0.3, 0.4) is 0 Å². The van der Waals surface area contributed by atoms with Crippen LogP contribution in [0.25, 0.3) is 0 Å². The van der Waals surface area contributed by atoms with E-state index in [0.717, 1.165) is 42.1 Å². The lowest BCUT2D eigenvalue weighted by Crippen LogP contribution is -2.32. The Morgan fingerprint density at radius 2 is 2.00 bits per heavy atom. The quantitative estimate of drug-likeness (QED) is 0.773. The molecule has 4 heteroatoms. The minimum Gasteiger partial charge on any atom is -0.320 e. The van der Waals surface area contributed by atoms with Crippen molar-refractivity contribution < 1.29 is 9.47 Å². The third-order valence-electron chi connectivity index (χ3n) is 4.30. The lowest BCUT2D eigenvalue weighted by atomic mass is 9.79. The van der Waals surface area contributed by atoms with Crippen molar-refractivity contribution in [1.82, 2.24) is 0 Å². The first kappa shape index (κ1) is 14.1. The Morgan fingerprint density at radius 1 is 1.30 bits per heavy atom. The zero-order valence-electron chi connectivity index (χ0n) is 11.6. The van der Waals surface area contributed by atoms with E-state index >= 15 is 0 Å². The monoisotopic (exact) mass is 335 g/mol. The summed E-state index contributed by atoms with van der Waals surface area (Å²) in [5, 5.41) is 10.4. The van der Waals surface area contributed by atoms with E-state index in [-0.39, 0.29) is 18.0 Å². The van der Waals surface area contributed by atoms with Crippen molar-refractivity contribution in [3.05, 3.63) is 34.9 Å². The van der Waals surface area contributed by atoms with Gasteiger partial charge in [-0.2, -0.15) is 5.26 Å². The molecule has 1 aliphatic heterocycles. The number of hydrogen-bond donors (Lipinski definition) is 0. The number of halogens is 1. The van der Waals surface area contributed by atoms with E-state index in [0.29, 0.717) is 0 Å². The fourth-order valence-corrected chi connectivity index (χ4v) is 3.49. The summed E-state index contributed by atoms with van der Waals surface area (Å²) < 4.78 is 11.2. The van der Waals surface area contributed by atoms with Crippen LogP contribution in [-0.2, 0) is 20.2 Å². The lowest BCUT2D eigenvalue weighted by Gasteiger charge is -2.35. The van der Waals surface area contributed by atoms with Crippen LogP contribution in [0, 0.1) is 11.3 Å². The zero-order valence-corrected chi connectivity index (χ0v) is 13.1. The van der Waals surface area contributed by atoms with E-state index in [2.05, 4.69) is 40.2 Å². The van der Waals surface area contributed by atoms with Crippen LogP contribution < -0.4 is 0 Å². The Kier molecular flexibility index (Phi) is 3.85. The van der Waals surface area contributed by atoms with Crippen molar-refractivity contribution in [2.45, 2.75) is 55.9 Å². The molecule has 1 saturated heterocycles. The standard InChI is InChI=1S/C16H18BrNO2/c1-11-19-15(20-11)13-6-12(9-17)7-14(8-13)16(10-18)4-2-3-5-16/h6-8,11,15H,2-5,9H2,1H3. The fourth-order valence-electron chi connectivity index (χ4n) is 3.17. The number of nitriles is 1. The molecule has 3 rings (SSSR count). The minimum atomic E-state index is -0.317. The molecular weight excluding hydrogens is 318 g/mol. The summed E-state index contributed by atoms with van der Waals surface area (Å²) >= 11 is 3.51. The Balaban J connectivity index is 1.98. The van der Waals surface area contributed by atoms with Crippen molar-refractivity contribution in [3.8, 4) is 6.07 Å². The summed E-state index contributed by atoms with van der Waals surface area (Å²) in [6.45, 7) is 1.89. The maximum Gasteiger partial charge on any atom is 0.189 e. The summed E-state index contributed by atoms with van der Waals surface area (Å²) in [4.78, 5) is 0. The molecule has 1 aliphatic carbocycles. The Labute approximate surface area is 128 Å². The molecule has 0 spiro atoms. The molecule has 3 nitrogen and oxygen atoms in total. The Bertz CT molecular complexity index is 540. The second kappa shape index (κ2) is 5.48. The Hall–Kier alpha value is -0.890. The van der Waals surface area contributed by atoms with Gasteiger partial charge in [0, 0.05) is 10.9 Å². The van der Waals surface area contributed by atoms with Gasteiger partial charge in [0.05, 0.1) is 11.5 Å². The molecule has 0 amide bonds. The van der Waals surface area contributed by atoms with Crippen molar-refractivity contribution in [3.63, 3.8) is 0 Å². The molecule has 0 radical (unpaired) electrons. The minimum absolute atomic E-state index is 0.132. The van der Waals surface area contributed by atoms with Crippen LogP contribution in [0.5, 0.6) is 0 Å². The lowest BCUT2D eigenvalue weighted by molar-refractivity contribution is -0.382. The van der Waals surface area contributed by atoms with E-state index in [4.69, 9.17) is 9.47 Å². The van der Waals surface area contributed by atoms with Crippen molar-refractivity contribution >= 4 is 15.9 Å². The highest BCUT2D eigenvalue weighted by molar-refractivity contribution is 9.08. The first-order valence-electron chi connectivity index (χ1n) is 7.09. The molecule has 0 bridgehead atoms. The molecule has 0 N–H and O–H groups in total. The number of benzene rings is 1. The third kappa shape index (κ3) is 2.39. The summed E-state index contributed by atoms with van der Waals surface area (Å²) in [5.74, 6) is 0. The molecule has 1 aromatic rings. The molecule has 20 heavy (non-hydrogen) atoms. The van der Waals surface area contributed by atoms with E-state index in [1.165, 1.54) is 5.56 Å². The molecule has 0 aromatic heterocycles. The summed E-state index contributed by atoms with van der Waals surface area (Å²) in [7, 11) is 0. The summed E-state index contributed by atoms with van der Waals surface area (Å²) in [6.07, 6.45) is 3.77. The average molecular weight is 336 g/mol. The van der Waals surface area contributed by atoms with E-state index in [1.807, 2.05) is 6.92 Å². The van der Waals surface area contributed by atoms with Gasteiger partial charge in [-0.05, 0) is 43.0 Å². The molecule has 2 aliphatic rings. The number of ether oxygens (including phenoxy) is 2. The van der Waals surface area contributed by atoms with Crippen LogP contribution in [0.4, 0.5) is 0 Å². The highest BCUT2D eigenvalue weighted by Gasteiger charge is 2.37. The summed E-state index contributed by atoms with van der Waals surface area (Å²) in [6, 6.07) is 8.89. The van der Waals surface area contributed by atoms with Crippen LogP contribution in [0.1, 0.15) is 55.6 Å². The van der Waals surface area contributed by atoms with Crippen LogP contribution in [-0.4, -0.2) is 6.29 Å². The fraction of sp³-hybridized carbons (Fsp3) is 0.562. The van der Waals surface area contributed by atoms with Gasteiger partial charge in [0.1, 0.15) is 0 Å². The first-order chi connectivity index (χ1) is 9.66. The van der Waals surface area contributed by atoms with Gasteiger partial charge in [-0.1, -0.05) is 34.8 Å². The maximum absolute atomic E-state index is 9.65. The smallest absolute Gasteiger partial charge is 0.189 e. The van der Waals surface area contributed by atoms with E-state index < -0.39 is 0 Å². The predicted molar refractivity (Wildman–Crippen MR) is 79.2 cm³/mol. The third-order valence-corrected chi connectivity index (χ3v) is 4.94. The SMILES string of the molecule is CC1OC(c2cc(CBr)cc(C3(C#N)CCCC3)c2)O1. The second-order valence-electron chi connectivity index (χ2n) is 5.67. The van der Waals surface area contributed by atoms with E-state index in [9.17, 15) is 5.26 Å². The van der Waals surface area contributed by atoms with Gasteiger partial charge in [-0.15, -0.1) is 0 Å². The molecule has 2 fully saturated rings. The van der Waals surface area contributed by atoms with Gasteiger partial charge in [-0.25, -0.2) is 0 Å². The van der Waals surface area contributed by atoms with Crippen molar-refractivity contribution in [1.29, 1.82) is 5.26 Å². The second-order valence-corrected chi connectivity index (χ2v) is 6.23. The predicted octanol–water partition coefficient (Wildman–Crippen LogP) is 4.31. The largest absolute Gasteiger partial charge is 0.320 e. The van der Waals surface area contributed by atoms with Crippen LogP contribution in [0.15, 0.2) is 18.2 Å². The van der Waals surface area contributed by atoms with Crippen LogP contribution >= 0.6 is 15.9 Å². The normalized spacial score (nSPS) is 27.9. The molecule has 1 aromatic carbocycles. The molecule has 1 heterocycles. The molecule has 0 atom stereocenters. The zero-order chi connectivity index (χ0) is 14.2. The highest BCUT2D eigenvalue weighted by atomic mass is 79.9. The van der Waals surface area contributed by atoms with Gasteiger partial charge in [-0.3, -0.25) is 0 Å². The van der Waals surface area contributed by atoms with Crippen molar-refractivity contribution in [2.75, 3.05) is 0 Å². The van der Waals surface area contributed by atoms with Gasteiger partial charge in [0.2, 0.25) is 0 Å². The number of hydrogen-bond acceptors (Lipinski definition) is 3. The molecule has 106 valence electrons. The highest BCUT2D eigenvalue weighted by Crippen LogP contribution is 2.43. The number of rotatable bonds is 3. The van der Waals surface area contributed by atoms with Crippen molar-refractivity contribution in [2.24, 2.45) is 0 Å². The number of alkyl halides is 1. The average Bonchev–Trinajstić information content (AvgIpc) is 2.93. The van der Waals surface area contributed by atoms with Gasteiger partial charge < -0.3 is 9.47 Å².